The van der Waals surface area contributed by atoms with Crippen LogP contribution in [0.4, 0.5) is 11.4 Å². The average molecular weight is 295 g/mol. The van der Waals surface area contributed by atoms with E-state index in [0.717, 1.165) is 36.6 Å². The van der Waals surface area contributed by atoms with Crippen molar-refractivity contribution in [1.29, 1.82) is 0 Å². The molecule has 0 aromatic heterocycles. The Morgan fingerprint density at radius 3 is 2.65 bits per heavy atom. The number of anilines is 2. The van der Waals surface area contributed by atoms with Gasteiger partial charge in [-0.05, 0) is 43.8 Å². The summed E-state index contributed by atoms with van der Waals surface area (Å²) in [7, 11) is 0. The minimum atomic E-state index is 0.0439. The number of carbonyl (C=O) groups excluding carboxylic acids is 1. The summed E-state index contributed by atoms with van der Waals surface area (Å²) >= 11 is 1.67. The number of nitrogens with two attached hydrogens (primary N) is 1. The van der Waals surface area contributed by atoms with E-state index in [1.807, 2.05) is 19.1 Å². The van der Waals surface area contributed by atoms with Crippen LogP contribution in [0.25, 0.3) is 0 Å². The molecule has 0 saturated heterocycles. The smallest absolute Gasteiger partial charge is 0.234 e. The predicted molar refractivity (Wildman–Crippen MR) is 89.3 cm³/mol. The third-order valence-electron chi connectivity index (χ3n) is 3.20. The zero-order valence-electron chi connectivity index (χ0n) is 12.6. The molecule has 4 nitrogen and oxygen atoms in total. The molecular formula is C15H25N3OS. The summed E-state index contributed by atoms with van der Waals surface area (Å²) < 4.78 is 0. The monoisotopic (exact) mass is 295 g/mol. The number of hydrogen-bond acceptors (Lipinski definition) is 4. The van der Waals surface area contributed by atoms with Crippen LogP contribution in [0.15, 0.2) is 18.2 Å². The zero-order valence-corrected chi connectivity index (χ0v) is 13.4. The van der Waals surface area contributed by atoms with E-state index in [0.29, 0.717) is 11.4 Å². The molecule has 0 spiro atoms. The molecule has 0 aliphatic carbocycles. The Hall–Kier alpha value is -1.20. The van der Waals surface area contributed by atoms with E-state index in [9.17, 15) is 4.79 Å². The van der Waals surface area contributed by atoms with Crippen LogP contribution in [-0.4, -0.2) is 41.9 Å². The van der Waals surface area contributed by atoms with Gasteiger partial charge in [-0.25, -0.2) is 0 Å². The zero-order chi connectivity index (χ0) is 15.0. The summed E-state index contributed by atoms with van der Waals surface area (Å²) in [4.78, 5) is 14.2. The van der Waals surface area contributed by atoms with Gasteiger partial charge in [-0.3, -0.25) is 4.79 Å². The van der Waals surface area contributed by atoms with Gasteiger partial charge in [0.1, 0.15) is 0 Å². The maximum atomic E-state index is 11.9. The number of hydrogen-bond donors (Lipinski definition) is 2. The molecule has 0 saturated carbocycles. The molecule has 0 atom stereocenters. The molecule has 1 aromatic rings. The Labute approximate surface area is 126 Å². The van der Waals surface area contributed by atoms with Crippen molar-refractivity contribution in [3.05, 3.63) is 23.8 Å². The summed E-state index contributed by atoms with van der Waals surface area (Å²) in [5.74, 6) is 1.52. The first-order chi connectivity index (χ1) is 9.56. The first kappa shape index (κ1) is 16.9. The lowest BCUT2D eigenvalue weighted by Crippen LogP contribution is -2.26. The summed E-state index contributed by atoms with van der Waals surface area (Å²) in [5.41, 5.74) is 8.24. The Balaban J connectivity index is 2.30. The molecule has 0 bridgehead atoms. The lowest BCUT2D eigenvalue weighted by molar-refractivity contribution is -0.113. The van der Waals surface area contributed by atoms with Crippen LogP contribution < -0.4 is 11.1 Å². The summed E-state index contributed by atoms with van der Waals surface area (Å²) in [6.45, 7) is 9.42. The number of aryl methyl sites for hydroxylation is 1. The second-order valence-electron chi connectivity index (χ2n) is 4.70. The van der Waals surface area contributed by atoms with E-state index in [2.05, 4.69) is 24.1 Å². The van der Waals surface area contributed by atoms with Crippen molar-refractivity contribution in [1.82, 2.24) is 4.90 Å². The normalized spacial score (nSPS) is 10.8. The van der Waals surface area contributed by atoms with Crippen LogP contribution in [0.1, 0.15) is 19.4 Å². The minimum Gasteiger partial charge on any atom is -0.399 e. The van der Waals surface area contributed by atoms with E-state index in [-0.39, 0.29) is 5.91 Å². The van der Waals surface area contributed by atoms with Crippen LogP contribution in [-0.2, 0) is 4.79 Å². The van der Waals surface area contributed by atoms with Gasteiger partial charge in [-0.1, -0.05) is 13.8 Å². The standard InChI is InChI=1S/C15H25N3OS/c1-4-18(5-2)8-9-20-11-15(19)17-14-7-6-13(16)10-12(14)3/h6-7,10H,4-5,8-9,11,16H2,1-3H3,(H,17,19). The molecule has 0 aliphatic rings. The summed E-state index contributed by atoms with van der Waals surface area (Å²) in [5, 5.41) is 2.92. The van der Waals surface area contributed by atoms with Gasteiger partial charge in [0.2, 0.25) is 5.91 Å². The van der Waals surface area contributed by atoms with Gasteiger partial charge in [0.05, 0.1) is 5.75 Å². The number of carbonyl (C=O) groups is 1. The molecule has 0 fully saturated rings. The predicted octanol–water partition coefficient (Wildman–Crippen LogP) is 2.59. The highest BCUT2D eigenvalue weighted by Crippen LogP contribution is 2.17. The van der Waals surface area contributed by atoms with Gasteiger partial charge in [-0.2, -0.15) is 11.8 Å². The van der Waals surface area contributed by atoms with E-state index in [1.54, 1.807) is 17.8 Å². The van der Waals surface area contributed by atoms with Gasteiger partial charge < -0.3 is 16.0 Å². The second kappa shape index (κ2) is 8.87. The van der Waals surface area contributed by atoms with Crippen LogP contribution in [0, 0.1) is 6.92 Å². The van der Waals surface area contributed by atoms with Gasteiger partial charge >= 0.3 is 0 Å². The molecule has 0 unspecified atom stereocenters. The van der Waals surface area contributed by atoms with Crippen LogP contribution in [0.5, 0.6) is 0 Å². The quantitative estimate of drug-likeness (QED) is 0.572. The maximum Gasteiger partial charge on any atom is 0.234 e. The molecule has 1 rings (SSSR count). The SMILES string of the molecule is CCN(CC)CCSCC(=O)Nc1ccc(N)cc1C. The first-order valence-electron chi connectivity index (χ1n) is 7.02. The lowest BCUT2D eigenvalue weighted by Gasteiger charge is -2.17. The molecule has 112 valence electrons. The molecular weight excluding hydrogens is 270 g/mol. The van der Waals surface area contributed by atoms with Crippen molar-refractivity contribution in [3.63, 3.8) is 0 Å². The largest absolute Gasteiger partial charge is 0.399 e. The second-order valence-corrected chi connectivity index (χ2v) is 5.81. The number of amides is 1. The Kier molecular flexibility index (Phi) is 7.47. The van der Waals surface area contributed by atoms with Gasteiger partial charge in [0.15, 0.2) is 0 Å². The molecule has 0 radical (unpaired) electrons. The van der Waals surface area contributed by atoms with Gasteiger partial charge in [-0.15, -0.1) is 0 Å². The van der Waals surface area contributed by atoms with Crippen molar-refractivity contribution in [3.8, 4) is 0 Å². The fourth-order valence-electron chi connectivity index (χ4n) is 1.91. The van der Waals surface area contributed by atoms with Crippen LogP contribution in [0.3, 0.4) is 0 Å². The van der Waals surface area contributed by atoms with Gasteiger partial charge in [0, 0.05) is 23.7 Å². The van der Waals surface area contributed by atoms with E-state index < -0.39 is 0 Å². The summed E-state index contributed by atoms with van der Waals surface area (Å²) in [6, 6.07) is 5.52. The molecule has 0 heterocycles. The Morgan fingerprint density at radius 2 is 2.05 bits per heavy atom. The molecule has 0 aliphatic heterocycles. The van der Waals surface area contributed by atoms with Crippen molar-refractivity contribution < 1.29 is 4.79 Å². The lowest BCUT2D eigenvalue weighted by atomic mass is 10.2. The highest BCUT2D eigenvalue weighted by Gasteiger charge is 2.06. The molecule has 20 heavy (non-hydrogen) atoms. The number of benzene rings is 1. The van der Waals surface area contributed by atoms with Crippen LogP contribution in [0.2, 0.25) is 0 Å². The van der Waals surface area contributed by atoms with E-state index in [4.69, 9.17) is 5.73 Å². The van der Waals surface area contributed by atoms with Crippen molar-refractivity contribution in [2.45, 2.75) is 20.8 Å². The topological polar surface area (TPSA) is 58.4 Å². The molecule has 1 amide bonds. The molecule has 3 N–H and O–H groups in total. The number of nitrogens with one attached hydrogen (secondary N) is 1. The number of rotatable bonds is 8. The fourth-order valence-corrected chi connectivity index (χ4v) is 2.70. The van der Waals surface area contributed by atoms with Crippen molar-refractivity contribution in [2.24, 2.45) is 0 Å². The van der Waals surface area contributed by atoms with Crippen LogP contribution >= 0.6 is 11.8 Å². The fraction of sp³-hybridized carbons (Fsp3) is 0.533. The highest BCUT2D eigenvalue weighted by molar-refractivity contribution is 7.99. The molecule has 5 heteroatoms. The number of nitrogen functional groups attached to an aromatic ring is 1. The maximum absolute atomic E-state index is 11.9. The number of thioether (sulfide) groups is 1. The number of nitrogens with zero attached hydrogens (tertiary/aromatic N) is 1. The third-order valence-corrected chi connectivity index (χ3v) is 4.14. The molecule has 1 aromatic carbocycles. The van der Waals surface area contributed by atoms with Gasteiger partial charge in [0.25, 0.3) is 0 Å². The average Bonchev–Trinajstić information content (AvgIpc) is 2.42. The minimum absolute atomic E-state index is 0.0439. The highest BCUT2D eigenvalue weighted by atomic mass is 32.2. The van der Waals surface area contributed by atoms with E-state index in [1.165, 1.54) is 0 Å². The van der Waals surface area contributed by atoms with E-state index >= 15 is 0 Å². The third kappa shape index (κ3) is 5.84. The summed E-state index contributed by atoms with van der Waals surface area (Å²) in [6.07, 6.45) is 0. The van der Waals surface area contributed by atoms with Crippen molar-refractivity contribution in [2.75, 3.05) is 42.2 Å². The Bertz CT molecular complexity index is 433. The Morgan fingerprint density at radius 1 is 1.35 bits per heavy atom. The van der Waals surface area contributed by atoms with Crippen molar-refractivity contribution >= 4 is 29.0 Å². The first-order valence-corrected chi connectivity index (χ1v) is 8.18.